The number of hydrogen-bond donors (Lipinski definition) is 0. The molecule has 0 aliphatic carbocycles. The first kappa shape index (κ1) is 32.1. The molecule has 45 heavy (non-hydrogen) atoms. The Hall–Kier alpha value is -4.28. The van der Waals surface area contributed by atoms with E-state index in [0.717, 1.165) is 38.9 Å². The highest BCUT2D eigenvalue weighted by molar-refractivity contribution is 7.89. The number of esters is 1. The summed E-state index contributed by atoms with van der Waals surface area (Å²) in [4.78, 5) is 13.1. The van der Waals surface area contributed by atoms with Crippen LogP contribution in [0.5, 0.6) is 5.75 Å². The minimum atomic E-state index is -3.85. The number of aryl methyl sites for hydroxylation is 2. The lowest BCUT2D eigenvalue weighted by Gasteiger charge is -2.25. The fourth-order valence-corrected chi connectivity index (χ4v) is 7.50. The summed E-state index contributed by atoms with van der Waals surface area (Å²) in [6.07, 6.45) is 4.72. The van der Waals surface area contributed by atoms with Crippen molar-refractivity contribution in [1.29, 1.82) is 0 Å². The number of nitrogens with zero attached hydrogens (tertiary/aromatic N) is 4. The van der Waals surface area contributed by atoms with Gasteiger partial charge in [-0.2, -0.15) is 4.31 Å². The number of carbonyl (C=O) groups excluding carboxylic acids is 1. The molecule has 4 aromatic rings. The number of rotatable bonds is 12. The van der Waals surface area contributed by atoms with Crippen molar-refractivity contribution >= 4 is 27.0 Å². The van der Waals surface area contributed by atoms with Crippen molar-refractivity contribution in [2.75, 3.05) is 13.2 Å². The van der Waals surface area contributed by atoms with Gasteiger partial charge in [-0.3, -0.25) is 4.79 Å². The zero-order valence-corrected chi connectivity index (χ0v) is 26.9. The van der Waals surface area contributed by atoms with Gasteiger partial charge in [0, 0.05) is 12.5 Å². The lowest BCUT2D eigenvalue weighted by Crippen LogP contribution is -2.36. The first-order valence-corrected chi connectivity index (χ1v) is 16.7. The second kappa shape index (κ2) is 13.8. The SMILES string of the molecule is C=CCCC1CN(Cc2cc(C(CC(=O)OCC)c3ccc4c(nnn4CC=C)c3C)ccc2C)S(=O)(=O)c2ccccc2O1. The third kappa shape index (κ3) is 6.72. The van der Waals surface area contributed by atoms with Gasteiger partial charge in [0.15, 0.2) is 0 Å². The molecule has 0 saturated heterocycles. The molecule has 0 fully saturated rings. The summed E-state index contributed by atoms with van der Waals surface area (Å²) in [5, 5.41) is 8.72. The van der Waals surface area contributed by atoms with Crippen molar-refractivity contribution in [2.45, 2.75) is 70.0 Å². The minimum absolute atomic E-state index is 0.121. The molecule has 236 valence electrons. The number of benzene rings is 3. The van der Waals surface area contributed by atoms with Crippen molar-refractivity contribution in [3.05, 3.63) is 108 Å². The number of carbonyl (C=O) groups is 1. The molecule has 2 unspecified atom stereocenters. The van der Waals surface area contributed by atoms with Gasteiger partial charge in [-0.25, -0.2) is 13.1 Å². The standard InChI is InChI=1S/C35H40N4O5S/c1-6-9-12-28-23-38(45(41,42)33-14-11-10-13-32(33)44-28)22-27-20-26(16-15-24(27)4)30(21-34(40)43-8-3)29-17-18-31-35(25(29)5)36-37-39(31)19-7-2/h6-7,10-11,13-18,20,28,30H,1-2,8-9,12,19,21-23H2,3-5H3. The summed E-state index contributed by atoms with van der Waals surface area (Å²) >= 11 is 0. The molecule has 0 spiro atoms. The molecule has 0 amide bonds. The average molecular weight is 629 g/mol. The first-order valence-electron chi connectivity index (χ1n) is 15.2. The van der Waals surface area contributed by atoms with Crippen molar-refractivity contribution < 1.29 is 22.7 Å². The minimum Gasteiger partial charge on any atom is -0.488 e. The quantitative estimate of drug-likeness (QED) is 0.135. The molecule has 9 nitrogen and oxygen atoms in total. The van der Waals surface area contributed by atoms with E-state index in [9.17, 15) is 13.2 Å². The van der Waals surface area contributed by atoms with Gasteiger partial charge in [-0.1, -0.05) is 53.8 Å². The van der Waals surface area contributed by atoms with Gasteiger partial charge in [-0.05, 0) is 79.6 Å². The Morgan fingerprint density at radius 1 is 1.13 bits per heavy atom. The lowest BCUT2D eigenvalue weighted by atomic mass is 9.84. The van der Waals surface area contributed by atoms with Crippen molar-refractivity contribution in [1.82, 2.24) is 19.3 Å². The largest absolute Gasteiger partial charge is 0.488 e. The smallest absolute Gasteiger partial charge is 0.306 e. The van der Waals surface area contributed by atoms with Gasteiger partial charge in [0.25, 0.3) is 0 Å². The topological polar surface area (TPSA) is 104 Å². The predicted molar refractivity (Wildman–Crippen MR) is 175 cm³/mol. The van der Waals surface area contributed by atoms with Crippen LogP contribution in [-0.2, 0) is 32.6 Å². The molecule has 10 heteroatoms. The Labute approximate surface area is 265 Å². The van der Waals surface area contributed by atoms with Crippen LogP contribution in [0.3, 0.4) is 0 Å². The molecular weight excluding hydrogens is 588 g/mol. The maximum absolute atomic E-state index is 14.0. The molecular formula is C35H40N4O5S. The third-order valence-corrected chi connectivity index (χ3v) is 10.2. The Kier molecular flexibility index (Phi) is 9.84. The van der Waals surface area contributed by atoms with E-state index >= 15 is 0 Å². The number of sulfonamides is 1. The Morgan fingerprint density at radius 3 is 2.69 bits per heavy atom. The van der Waals surface area contributed by atoms with E-state index in [4.69, 9.17) is 9.47 Å². The van der Waals surface area contributed by atoms with Crippen molar-refractivity contribution in [3.8, 4) is 5.75 Å². The molecule has 2 atom stereocenters. The molecule has 5 rings (SSSR count). The van der Waals surface area contributed by atoms with E-state index in [-0.39, 0.29) is 49.0 Å². The zero-order valence-electron chi connectivity index (χ0n) is 26.1. The number of para-hydroxylation sites is 1. The van der Waals surface area contributed by atoms with Crippen LogP contribution in [0.25, 0.3) is 11.0 Å². The van der Waals surface area contributed by atoms with Crippen molar-refractivity contribution in [3.63, 3.8) is 0 Å². The Bertz CT molecular complexity index is 1830. The number of ether oxygens (including phenoxy) is 2. The van der Waals surface area contributed by atoms with Gasteiger partial charge in [0.2, 0.25) is 10.0 Å². The van der Waals surface area contributed by atoms with Gasteiger partial charge < -0.3 is 9.47 Å². The fourth-order valence-electron chi connectivity index (χ4n) is 5.93. The zero-order chi connectivity index (χ0) is 32.1. The molecule has 1 aliphatic rings. The first-order chi connectivity index (χ1) is 21.7. The van der Waals surface area contributed by atoms with Crippen LogP contribution < -0.4 is 4.74 Å². The molecule has 1 aromatic heterocycles. The highest BCUT2D eigenvalue weighted by Crippen LogP contribution is 2.36. The molecule has 2 heterocycles. The van der Waals surface area contributed by atoms with Crippen LogP contribution in [0.1, 0.15) is 59.9 Å². The van der Waals surface area contributed by atoms with E-state index in [2.05, 4.69) is 23.5 Å². The molecule has 0 bridgehead atoms. The van der Waals surface area contributed by atoms with E-state index in [1.54, 1.807) is 41.9 Å². The predicted octanol–water partition coefficient (Wildman–Crippen LogP) is 6.24. The maximum atomic E-state index is 14.0. The van der Waals surface area contributed by atoms with Crippen LogP contribution in [0.4, 0.5) is 0 Å². The summed E-state index contributed by atoms with van der Waals surface area (Å²) in [6.45, 7) is 14.6. The van der Waals surface area contributed by atoms with Crippen LogP contribution >= 0.6 is 0 Å². The van der Waals surface area contributed by atoms with Gasteiger partial charge in [0.1, 0.15) is 22.3 Å². The summed E-state index contributed by atoms with van der Waals surface area (Å²) in [6, 6.07) is 16.8. The second-order valence-electron chi connectivity index (χ2n) is 11.3. The van der Waals surface area contributed by atoms with E-state index in [1.165, 1.54) is 4.31 Å². The molecule has 0 saturated carbocycles. The maximum Gasteiger partial charge on any atom is 0.306 e. The van der Waals surface area contributed by atoms with Crippen LogP contribution in [0.15, 0.2) is 84.8 Å². The number of allylic oxidation sites excluding steroid dienone is 2. The van der Waals surface area contributed by atoms with Gasteiger partial charge in [-0.15, -0.1) is 18.3 Å². The monoisotopic (exact) mass is 628 g/mol. The number of hydrogen-bond acceptors (Lipinski definition) is 7. The molecule has 0 N–H and O–H groups in total. The normalized spacial score (nSPS) is 16.7. The van der Waals surface area contributed by atoms with E-state index in [0.29, 0.717) is 25.1 Å². The number of aromatic nitrogens is 3. The average Bonchev–Trinajstić information content (AvgIpc) is 3.39. The highest BCUT2D eigenvalue weighted by Gasteiger charge is 2.35. The molecule has 3 aromatic carbocycles. The molecule has 0 radical (unpaired) electrons. The number of fused-ring (bicyclic) bond motifs is 2. The van der Waals surface area contributed by atoms with Crippen LogP contribution in [-0.4, -0.2) is 52.9 Å². The molecule has 1 aliphatic heterocycles. The van der Waals surface area contributed by atoms with Crippen LogP contribution in [0, 0.1) is 13.8 Å². The van der Waals surface area contributed by atoms with Gasteiger partial charge in [0.05, 0.1) is 31.6 Å². The van der Waals surface area contributed by atoms with Crippen molar-refractivity contribution in [2.24, 2.45) is 0 Å². The Balaban J connectivity index is 1.55. The van der Waals surface area contributed by atoms with Gasteiger partial charge >= 0.3 is 5.97 Å². The summed E-state index contributed by atoms with van der Waals surface area (Å²) in [5.74, 6) is -0.291. The summed E-state index contributed by atoms with van der Waals surface area (Å²) in [5.41, 5.74) is 6.19. The van der Waals surface area contributed by atoms with E-state index < -0.39 is 10.0 Å². The Morgan fingerprint density at radius 2 is 1.93 bits per heavy atom. The highest BCUT2D eigenvalue weighted by atomic mass is 32.2. The second-order valence-corrected chi connectivity index (χ2v) is 13.2. The van der Waals surface area contributed by atoms with Crippen LogP contribution in [0.2, 0.25) is 0 Å². The lowest BCUT2D eigenvalue weighted by molar-refractivity contribution is -0.143. The van der Waals surface area contributed by atoms with E-state index in [1.807, 2.05) is 50.3 Å². The summed E-state index contributed by atoms with van der Waals surface area (Å²) in [7, 11) is -3.85. The third-order valence-electron chi connectivity index (χ3n) is 8.32. The summed E-state index contributed by atoms with van der Waals surface area (Å²) < 4.78 is 42.8. The fraction of sp³-hybridized carbons (Fsp3) is 0.343.